The average Bonchev–Trinajstić information content (AvgIpc) is 2.93. The SMILES string of the molecule is C=C[C@@H]1CN2CC[C@H]1C[C@H]2[C@H](OC(=O)[C@@H](NC(=O)[C@@H](N)C(C)C)C(C)C)c1ccnc2ccc(OC)cc12. The Morgan fingerprint density at radius 3 is 2.58 bits per heavy atom. The topological polar surface area (TPSA) is 107 Å². The first kappa shape index (κ1) is 28.0. The summed E-state index contributed by atoms with van der Waals surface area (Å²) in [6.45, 7) is 13.5. The quantitative estimate of drug-likeness (QED) is 0.361. The molecule has 8 heteroatoms. The fourth-order valence-electron chi connectivity index (χ4n) is 5.81. The zero-order valence-corrected chi connectivity index (χ0v) is 23.2. The van der Waals surface area contributed by atoms with Crippen molar-refractivity contribution in [2.45, 2.75) is 64.8 Å². The van der Waals surface area contributed by atoms with Gasteiger partial charge in [0.25, 0.3) is 0 Å². The fourth-order valence-corrected chi connectivity index (χ4v) is 5.81. The van der Waals surface area contributed by atoms with Crippen LogP contribution < -0.4 is 15.8 Å². The number of methoxy groups -OCH3 is 1. The number of pyridine rings is 1. The molecule has 38 heavy (non-hydrogen) atoms. The lowest BCUT2D eigenvalue weighted by Crippen LogP contribution is -2.56. The standard InChI is InChI=1S/C30H42N4O4/c1-7-19-16-34-13-11-20(19)14-25(34)28(22-10-12-32-24-9-8-21(37-6)15-23(22)24)38-30(36)27(18(4)5)33-29(35)26(31)17(2)3/h7-10,12,15,17-20,25-28H,1,11,13-14,16,31H2,2-6H3,(H,33,35)/t19-,20+,25+,26+,27+,28-/m1/s1. The van der Waals surface area contributed by atoms with Gasteiger partial charge in [0.2, 0.25) is 5.91 Å². The van der Waals surface area contributed by atoms with Crippen LogP contribution in [0.15, 0.2) is 43.1 Å². The Morgan fingerprint density at radius 2 is 1.97 bits per heavy atom. The molecule has 206 valence electrons. The predicted molar refractivity (Wildman–Crippen MR) is 148 cm³/mol. The predicted octanol–water partition coefficient (Wildman–Crippen LogP) is 3.85. The van der Waals surface area contributed by atoms with Crippen molar-refractivity contribution in [1.29, 1.82) is 0 Å². The van der Waals surface area contributed by atoms with Crippen molar-refractivity contribution in [2.75, 3.05) is 20.2 Å². The van der Waals surface area contributed by atoms with E-state index in [2.05, 4.69) is 27.9 Å². The molecule has 0 saturated carbocycles. The van der Waals surface area contributed by atoms with Crippen LogP contribution in [0.1, 0.15) is 52.2 Å². The second-order valence-corrected chi connectivity index (χ2v) is 11.4. The number of carbonyl (C=O) groups is 2. The number of aromatic nitrogens is 1. The number of esters is 1. The molecule has 3 saturated heterocycles. The molecule has 0 aliphatic carbocycles. The number of hydrogen-bond acceptors (Lipinski definition) is 7. The molecule has 1 aromatic carbocycles. The zero-order chi connectivity index (χ0) is 27.6. The fraction of sp³-hybridized carbons (Fsp3) is 0.567. The molecule has 3 aliphatic rings. The normalized spacial score (nSPS) is 25.2. The van der Waals surface area contributed by atoms with Gasteiger partial charge in [0.15, 0.2) is 0 Å². The number of piperidine rings is 3. The Morgan fingerprint density at radius 1 is 1.21 bits per heavy atom. The third-order valence-electron chi connectivity index (χ3n) is 8.27. The van der Waals surface area contributed by atoms with Crippen molar-refractivity contribution in [2.24, 2.45) is 29.4 Å². The highest BCUT2D eigenvalue weighted by Gasteiger charge is 2.45. The number of amides is 1. The highest BCUT2D eigenvalue weighted by Crippen LogP contribution is 2.44. The maximum absolute atomic E-state index is 13.8. The summed E-state index contributed by atoms with van der Waals surface area (Å²) in [5.41, 5.74) is 7.77. The minimum atomic E-state index is -0.811. The summed E-state index contributed by atoms with van der Waals surface area (Å²) in [5.74, 6) is 0.624. The van der Waals surface area contributed by atoms with E-state index in [9.17, 15) is 9.59 Å². The Bertz CT molecular complexity index is 1170. The number of rotatable bonds is 10. The van der Waals surface area contributed by atoms with Crippen molar-refractivity contribution in [3.8, 4) is 5.75 Å². The van der Waals surface area contributed by atoms with Gasteiger partial charge in [-0.25, -0.2) is 4.79 Å². The van der Waals surface area contributed by atoms with Crippen LogP contribution in [-0.2, 0) is 14.3 Å². The van der Waals surface area contributed by atoms with Crippen molar-refractivity contribution in [1.82, 2.24) is 15.2 Å². The van der Waals surface area contributed by atoms with E-state index < -0.39 is 24.2 Å². The number of nitrogens with one attached hydrogen (secondary N) is 1. The molecule has 2 bridgehead atoms. The summed E-state index contributed by atoms with van der Waals surface area (Å²) in [4.78, 5) is 33.5. The molecule has 1 unspecified atom stereocenters. The van der Waals surface area contributed by atoms with Crippen LogP contribution in [0, 0.1) is 23.7 Å². The first-order chi connectivity index (χ1) is 18.1. The molecular formula is C30H42N4O4. The van der Waals surface area contributed by atoms with E-state index in [0.717, 1.165) is 42.4 Å². The lowest BCUT2D eigenvalue weighted by Gasteiger charge is -2.51. The molecular weight excluding hydrogens is 480 g/mol. The van der Waals surface area contributed by atoms with Crippen LogP contribution in [-0.4, -0.2) is 60.1 Å². The highest BCUT2D eigenvalue weighted by atomic mass is 16.5. The van der Waals surface area contributed by atoms with Gasteiger partial charge in [-0.15, -0.1) is 6.58 Å². The van der Waals surface area contributed by atoms with Gasteiger partial charge >= 0.3 is 5.97 Å². The third kappa shape index (κ3) is 5.71. The van der Waals surface area contributed by atoms with Gasteiger partial charge in [-0.1, -0.05) is 33.8 Å². The molecule has 4 heterocycles. The minimum absolute atomic E-state index is 0.00661. The van der Waals surface area contributed by atoms with E-state index in [1.807, 2.05) is 52.0 Å². The van der Waals surface area contributed by atoms with Gasteiger partial charge in [0, 0.05) is 23.7 Å². The van der Waals surface area contributed by atoms with Crippen molar-refractivity contribution < 1.29 is 19.1 Å². The number of nitrogens with two attached hydrogens (primary N) is 1. The smallest absolute Gasteiger partial charge is 0.329 e. The molecule has 0 spiro atoms. The molecule has 3 N–H and O–H groups in total. The van der Waals surface area contributed by atoms with Gasteiger partial charge in [0.1, 0.15) is 17.9 Å². The van der Waals surface area contributed by atoms with Crippen molar-refractivity contribution >= 4 is 22.8 Å². The summed E-state index contributed by atoms with van der Waals surface area (Å²) in [6, 6.07) is 6.18. The number of ether oxygens (including phenoxy) is 2. The molecule has 7 atom stereocenters. The summed E-state index contributed by atoms with van der Waals surface area (Å²) < 4.78 is 11.9. The lowest BCUT2D eigenvalue weighted by molar-refractivity contribution is -0.162. The zero-order valence-electron chi connectivity index (χ0n) is 23.2. The van der Waals surface area contributed by atoms with Crippen molar-refractivity contribution in [3.63, 3.8) is 0 Å². The summed E-state index contributed by atoms with van der Waals surface area (Å²) in [6.07, 6.45) is 5.29. The van der Waals surface area contributed by atoms with Gasteiger partial charge in [-0.2, -0.15) is 0 Å². The van der Waals surface area contributed by atoms with Gasteiger partial charge in [0.05, 0.1) is 24.7 Å². The average molecular weight is 523 g/mol. The molecule has 3 aliphatic heterocycles. The summed E-state index contributed by atoms with van der Waals surface area (Å²) in [5, 5.41) is 3.75. The molecule has 3 fully saturated rings. The van der Waals surface area contributed by atoms with Crippen LogP contribution in [0.4, 0.5) is 0 Å². The maximum Gasteiger partial charge on any atom is 0.329 e. The molecule has 1 aromatic heterocycles. The third-order valence-corrected chi connectivity index (χ3v) is 8.27. The van der Waals surface area contributed by atoms with E-state index in [0.29, 0.717) is 17.6 Å². The Labute approximate surface area is 225 Å². The van der Waals surface area contributed by atoms with Gasteiger partial charge in [-0.05, 0) is 67.3 Å². The first-order valence-corrected chi connectivity index (χ1v) is 13.7. The first-order valence-electron chi connectivity index (χ1n) is 13.7. The van der Waals surface area contributed by atoms with E-state index in [-0.39, 0.29) is 23.8 Å². The summed E-state index contributed by atoms with van der Waals surface area (Å²) >= 11 is 0. The van der Waals surface area contributed by atoms with Crippen LogP contribution in [0.5, 0.6) is 5.75 Å². The lowest BCUT2D eigenvalue weighted by atomic mass is 9.73. The van der Waals surface area contributed by atoms with Gasteiger partial charge in [-0.3, -0.25) is 14.7 Å². The van der Waals surface area contributed by atoms with E-state index in [1.54, 1.807) is 13.3 Å². The molecule has 2 aromatic rings. The molecule has 5 rings (SSSR count). The number of nitrogens with zero attached hydrogens (tertiary/aromatic N) is 2. The number of hydrogen-bond donors (Lipinski definition) is 2. The molecule has 0 radical (unpaired) electrons. The van der Waals surface area contributed by atoms with Gasteiger partial charge < -0.3 is 20.5 Å². The second-order valence-electron chi connectivity index (χ2n) is 11.4. The van der Waals surface area contributed by atoms with E-state index >= 15 is 0 Å². The number of benzene rings is 1. The van der Waals surface area contributed by atoms with Crippen LogP contribution in [0.25, 0.3) is 10.9 Å². The molecule has 8 nitrogen and oxygen atoms in total. The van der Waals surface area contributed by atoms with Crippen LogP contribution in [0.2, 0.25) is 0 Å². The maximum atomic E-state index is 13.8. The second kappa shape index (κ2) is 11.8. The van der Waals surface area contributed by atoms with Crippen molar-refractivity contribution in [3.05, 3.63) is 48.7 Å². The Hall–Kier alpha value is -2.97. The molecule has 1 amide bonds. The van der Waals surface area contributed by atoms with Crippen LogP contribution >= 0.6 is 0 Å². The van der Waals surface area contributed by atoms with E-state index in [1.165, 1.54) is 0 Å². The number of carbonyl (C=O) groups excluding carboxylic acids is 2. The summed E-state index contributed by atoms with van der Waals surface area (Å²) in [7, 11) is 1.63. The Kier molecular flexibility index (Phi) is 8.73. The highest BCUT2D eigenvalue weighted by molar-refractivity contribution is 5.88. The van der Waals surface area contributed by atoms with E-state index in [4.69, 9.17) is 15.2 Å². The Balaban J connectivity index is 1.71. The monoisotopic (exact) mass is 522 g/mol. The minimum Gasteiger partial charge on any atom is -0.497 e. The number of fused-ring (bicyclic) bond motifs is 4. The van der Waals surface area contributed by atoms with Crippen LogP contribution in [0.3, 0.4) is 0 Å². The largest absolute Gasteiger partial charge is 0.497 e.